The maximum Gasteiger partial charge on any atom is 0.274 e. The molecule has 1 aliphatic rings. The van der Waals surface area contributed by atoms with Gasteiger partial charge < -0.3 is 10.2 Å². The van der Waals surface area contributed by atoms with Crippen molar-refractivity contribution < 1.29 is 4.79 Å². The molecule has 7 heteroatoms. The summed E-state index contributed by atoms with van der Waals surface area (Å²) in [7, 11) is 0. The zero-order valence-electron chi connectivity index (χ0n) is 15.5. The topological polar surface area (TPSA) is 83.9 Å². The van der Waals surface area contributed by atoms with Gasteiger partial charge in [-0.15, -0.1) is 5.10 Å². The van der Waals surface area contributed by atoms with Gasteiger partial charge in [0, 0.05) is 31.7 Å². The summed E-state index contributed by atoms with van der Waals surface area (Å²) in [5.74, 6) is 1.93. The number of anilines is 2. The van der Waals surface area contributed by atoms with E-state index in [2.05, 4.69) is 31.5 Å². The van der Waals surface area contributed by atoms with Crippen LogP contribution >= 0.6 is 0 Å². The number of nitrogens with zero attached hydrogens (tertiary/aromatic N) is 5. The first-order valence-electron chi connectivity index (χ1n) is 9.48. The smallest absolute Gasteiger partial charge is 0.274 e. The van der Waals surface area contributed by atoms with Crippen molar-refractivity contribution in [2.45, 2.75) is 19.3 Å². The van der Waals surface area contributed by atoms with Crippen LogP contribution < -0.4 is 5.32 Å². The van der Waals surface area contributed by atoms with Crippen molar-refractivity contribution >= 4 is 17.5 Å². The van der Waals surface area contributed by atoms with Crippen LogP contribution in [0.5, 0.6) is 0 Å². The Balaban J connectivity index is 1.40. The second-order valence-corrected chi connectivity index (χ2v) is 6.96. The maximum absolute atomic E-state index is 12.7. The Morgan fingerprint density at radius 1 is 1.07 bits per heavy atom. The molecule has 1 N–H and O–H groups in total. The molecule has 0 spiro atoms. The van der Waals surface area contributed by atoms with Crippen molar-refractivity contribution in [1.82, 2.24) is 25.1 Å². The van der Waals surface area contributed by atoms with Crippen molar-refractivity contribution in [3.05, 3.63) is 72.3 Å². The molecule has 1 amide bonds. The van der Waals surface area contributed by atoms with Crippen LogP contribution in [0.1, 0.15) is 28.9 Å². The number of likely N-dealkylation sites (tertiary alicyclic amines) is 1. The summed E-state index contributed by atoms with van der Waals surface area (Å²) in [5.41, 5.74) is 1.61. The number of hydrogen-bond acceptors (Lipinski definition) is 6. The highest BCUT2D eigenvalue weighted by Crippen LogP contribution is 2.23. The van der Waals surface area contributed by atoms with Crippen LogP contribution in [0.4, 0.5) is 11.6 Å². The summed E-state index contributed by atoms with van der Waals surface area (Å²) < 4.78 is 0. The fraction of sp³-hybridized carbons (Fsp3) is 0.286. The third-order valence-corrected chi connectivity index (χ3v) is 4.87. The largest absolute Gasteiger partial charge is 0.337 e. The predicted molar refractivity (Wildman–Crippen MR) is 106 cm³/mol. The lowest BCUT2D eigenvalue weighted by Gasteiger charge is -2.32. The first-order valence-corrected chi connectivity index (χ1v) is 9.48. The van der Waals surface area contributed by atoms with Crippen LogP contribution in [-0.2, 0) is 6.42 Å². The Labute approximate surface area is 163 Å². The van der Waals surface area contributed by atoms with Crippen LogP contribution in [0, 0.1) is 5.92 Å². The summed E-state index contributed by atoms with van der Waals surface area (Å²) in [6.45, 7) is 1.51. The summed E-state index contributed by atoms with van der Waals surface area (Å²) >= 11 is 0. The predicted octanol–water partition coefficient (Wildman–Crippen LogP) is 3.11. The van der Waals surface area contributed by atoms with Gasteiger partial charge in [-0.3, -0.25) is 4.79 Å². The van der Waals surface area contributed by atoms with Crippen LogP contribution in [0.3, 0.4) is 0 Å². The van der Waals surface area contributed by atoms with Gasteiger partial charge in [-0.05, 0) is 67.1 Å². The second-order valence-electron chi connectivity index (χ2n) is 6.96. The van der Waals surface area contributed by atoms with E-state index in [-0.39, 0.29) is 5.91 Å². The van der Waals surface area contributed by atoms with Gasteiger partial charge in [-0.25, -0.2) is 9.97 Å². The first-order chi connectivity index (χ1) is 13.8. The molecule has 0 radical (unpaired) electrons. The summed E-state index contributed by atoms with van der Waals surface area (Å²) in [4.78, 5) is 23.2. The first kappa shape index (κ1) is 18.0. The Morgan fingerprint density at radius 3 is 2.82 bits per heavy atom. The van der Waals surface area contributed by atoms with Gasteiger partial charge in [0.1, 0.15) is 11.6 Å². The zero-order chi connectivity index (χ0) is 19.2. The van der Waals surface area contributed by atoms with Gasteiger partial charge in [0.05, 0.1) is 0 Å². The number of amides is 1. The van der Waals surface area contributed by atoms with Crippen LogP contribution in [0.25, 0.3) is 0 Å². The molecule has 0 aliphatic carbocycles. The van der Waals surface area contributed by atoms with Gasteiger partial charge in [-0.1, -0.05) is 6.07 Å². The highest BCUT2D eigenvalue weighted by molar-refractivity contribution is 5.92. The van der Waals surface area contributed by atoms with Crippen LogP contribution in [0.2, 0.25) is 0 Å². The molecule has 1 fully saturated rings. The molecule has 7 nitrogen and oxygen atoms in total. The van der Waals surface area contributed by atoms with E-state index in [1.54, 1.807) is 24.5 Å². The minimum absolute atomic E-state index is 0.0370. The number of aromatic nitrogens is 4. The number of pyridine rings is 2. The number of hydrogen-bond donors (Lipinski definition) is 1. The Kier molecular flexibility index (Phi) is 5.51. The summed E-state index contributed by atoms with van der Waals surface area (Å²) in [6.07, 6.45) is 8.15. The van der Waals surface area contributed by atoms with E-state index in [4.69, 9.17) is 0 Å². The average Bonchev–Trinajstić information content (AvgIpc) is 2.75. The van der Waals surface area contributed by atoms with Crippen LogP contribution in [0.15, 0.2) is 61.1 Å². The zero-order valence-corrected chi connectivity index (χ0v) is 15.5. The lowest BCUT2D eigenvalue weighted by Crippen LogP contribution is -2.40. The summed E-state index contributed by atoms with van der Waals surface area (Å²) in [6, 6.07) is 13.3. The second kappa shape index (κ2) is 8.56. The molecule has 1 unspecified atom stereocenters. The minimum atomic E-state index is -0.0370. The molecule has 0 aromatic carbocycles. The van der Waals surface area contributed by atoms with Gasteiger partial charge >= 0.3 is 0 Å². The standard InChI is InChI=1S/C21H22N6O/c28-21(18-6-3-10-24-26-18)27-12-4-5-17(15-27)13-16-8-11-23-20(14-16)25-19-7-1-2-9-22-19/h1-3,6-11,14,17H,4-5,12-13,15H2,(H,22,23,25). The third-order valence-electron chi connectivity index (χ3n) is 4.87. The highest BCUT2D eigenvalue weighted by Gasteiger charge is 2.25. The molecular weight excluding hydrogens is 352 g/mol. The fourth-order valence-electron chi connectivity index (χ4n) is 3.56. The highest BCUT2D eigenvalue weighted by atomic mass is 16.2. The molecule has 4 rings (SSSR count). The summed E-state index contributed by atoms with van der Waals surface area (Å²) in [5, 5.41) is 11.0. The number of rotatable bonds is 5. The molecule has 0 saturated carbocycles. The fourth-order valence-corrected chi connectivity index (χ4v) is 3.56. The molecule has 3 aromatic rings. The van der Waals surface area contributed by atoms with Crippen molar-refractivity contribution in [3.8, 4) is 0 Å². The number of carbonyl (C=O) groups excluding carboxylic acids is 1. The number of piperidine rings is 1. The van der Waals surface area contributed by atoms with E-state index < -0.39 is 0 Å². The van der Waals surface area contributed by atoms with E-state index >= 15 is 0 Å². The Hall–Kier alpha value is -3.35. The molecule has 3 aromatic heterocycles. The third kappa shape index (κ3) is 4.49. The lowest BCUT2D eigenvalue weighted by atomic mass is 9.91. The molecule has 1 saturated heterocycles. The van der Waals surface area contributed by atoms with Crippen molar-refractivity contribution in [2.75, 3.05) is 18.4 Å². The van der Waals surface area contributed by atoms with Crippen molar-refractivity contribution in [2.24, 2.45) is 5.92 Å². The van der Waals surface area contributed by atoms with Gasteiger partial charge in [0.2, 0.25) is 0 Å². The van der Waals surface area contributed by atoms with Crippen LogP contribution in [-0.4, -0.2) is 44.1 Å². The molecule has 4 heterocycles. The van der Waals surface area contributed by atoms with Gasteiger partial charge in [0.25, 0.3) is 5.91 Å². The molecular formula is C21H22N6O. The monoisotopic (exact) mass is 374 g/mol. The number of carbonyl (C=O) groups is 1. The average molecular weight is 374 g/mol. The van der Waals surface area contributed by atoms with E-state index in [0.717, 1.165) is 44.0 Å². The van der Waals surface area contributed by atoms with E-state index in [1.807, 2.05) is 35.4 Å². The van der Waals surface area contributed by atoms with Crippen molar-refractivity contribution in [1.29, 1.82) is 0 Å². The lowest BCUT2D eigenvalue weighted by molar-refractivity contribution is 0.0666. The molecule has 0 bridgehead atoms. The van der Waals surface area contributed by atoms with E-state index in [1.165, 1.54) is 5.56 Å². The maximum atomic E-state index is 12.7. The normalized spacial score (nSPS) is 16.6. The van der Waals surface area contributed by atoms with E-state index in [0.29, 0.717) is 11.6 Å². The Bertz CT molecular complexity index is 918. The van der Waals surface area contributed by atoms with Crippen molar-refractivity contribution in [3.63, 3.8) is 0 Å². The number of nitrogens with one attached hydrogen (secondary N) is 1. The Morgan fingerprint density at radius 2 is 2.00 bits per heavy atom. The molecule has 28 heavy (non-hydrogen) atoms. The van der Waals surface area contributed by atoms with Gasteiger partial charge in [-0.2, -0.15) is 5.10 Å². The SMILES string of the molecule is O=C(c1cccnn1)N1CCCC(Cc2ccnc(Nc3ccccn3)c2)C1. The van der Waals surface area contributed by atoms with E-state index in [9.17, 15) is 4.79 Å². The van der Waals surface area contributed by atoms with Gasteiger partial charge in [0.15, 0.2) is 5.69 Å². The molecule has 142 valence electrons. The minimum Gasteiger partial charge on any atom is -0.337 e. The quantitative estimate of drug-likeness (QED) is 0.739. The molecule has 1 atom stereocenters. The molecule has 1 aliphatic heterocycles.